The van der Waals surface area contributed by atoms with E-state index in [9.17, 15) is 34.8 Å². The molecule has 0 heterocycles. The van der Waals surface area contributed by atoms with Gasteiger partial charge >= 0.3 is 0 Å². The summed E-state index contributed by atoms with van der Waals surface area (Å²) in [6.45, 7) is 12.6. The normalized spacial score (nSPS) is 28.7. The van der Waals surface area contributed by atoms with Gasteiger partial charge in [-0.2, -0.15) is 0 Å². The molecule has 0 spiro atoms. The lowest BCUT2D eigenvalue weighted by molar-refractivity contribution is -0.171. The van der Waals surface area contributed by atoms with E-state index in [1.807, 2.05) is 32.9 Å². The Morgan fingerprint density at radius 3 is 2.16 bits per heavy atom. The summed E-state index contributed by atoms with van der Waals surface area (Å²) >= 11 is 0. The summed E-state index contributed by atoms with van der Waals surface area (Å²) in [5.74, 6) is -4.54. The minimum Gasteiger partial charge on any atom is -0.511 e. The number of carbonyl (C=O) groups excluding carboxylic acids is 3. The summed E-state index contributed by atoms with van der Waals surface area (Å²) in [4.78, 5) is 40.6. The van der Waals surface area contributed by atoms with Gasteiger partial charge in [0, 0.05) is 22.3 Å². The van der Waals surface area contributed by atoms with Crippen LogP contribution in [0.4, 0.5) is 0 Å². The first-order chi connectivity index (χ1) is 20.0. The molecular formula is C36H42O7. The molecule has 4 atom stereocenters. The van der Waals surface area contributed by atoms with Crippen LogP contribution in [0.25, 0.3) is 11.1 Å². The number of aromatic hydroxyl groups is 1. The van der Waals surface area contributed by atoms with Crippen LogP contribution in [0.15, 0.2) is 59.1 Å². The molecule has 2 aromatic rings. The van der Waals surface area contributed by atoms with Crippen LogP contribution in [-0.4, -0.2) is 43.4 Å². The molecule has 1 unspecified atom stereocenters. The fourth-order valence-electron chi connectivity index (χ4n) is 8.31. The smallest absolute Gasteiger partial charge is 0.209 e. The zero-order valence-corrected chi connectivity index (χ0v) is 26.0. The van der Waals surface area contributed by atoms with Crippen molar-refractivity contribution in [2.24, 2.45) is 28.6 Å². The summed E-state index contributed by atoms with van der Waals surface area (Å²) in [5.41, 5.74) is -2.29. The molecule has 7 heteroatoms. The van der Waals surface area contributed by atoms with Crippen LogP contribution in [0.1, 0.15) is 82.8 Å². The third-order valence-electron chi connectivity index (χ3n) is 10.2. The summed E-state index contributed by atoms with van der Waals surface area (Å²) in [5, 5.41) is 46.3. The second-order valence-electron chi connectivity index (χ2n) is 14.1. The Kier molecular flexibility index (Phi) is 7.28. The lowest BCUT2D eigenvalue weighted by Crippen LogP contribution is -2.67. The van der Waals surface area contributed by atoms with E-state index in [1.165, 1.54) is 11.6 Å². The minimum atomic E-state index is -2.61. The Hall–Kier alpha value is -3.71. The Balaban J connectivity index is 1.70. The van der Waals surface area contributed by atoms with Crippen molar-refractivity contribution >= 4 is 17.3 Å². The summed E-state index contributed by atoms with van der Waals surface area (Å²) in [6, 6.07) is 11.4. The number of phenols is 1. The van der Waals surface area contributed by atoms with Gasteiger partial charge in [-0.3, -0.25) is 14.4 Å². The van der Waals surface area contributed by atoms with Crippen molar-refractivity contribution in [3.8, 4) is 16.9 Å². The Morgan fingerprint density at radius 1 is 0.977 bits per heavy atom. The molecule has 5 rings (SSSR count). The standard InChI is InChI=1S/C36H42O7/c1-18(2)8-9-21-10-12-22(13-11-21)23-14-15-25(38)27-24(23)16-34(6)17-35(7)28(19(3)4)30(39)26(20(5)37)32(41)36(35,43)33(42)29(34)31(27)40/h10-15,18-19,28,38-39,42-43H,8-9,16-17H2,1-7H3/t28?,34-,35-,36+/m1/s1. The molecule has 0 saturated heterocycles. The summed E-state index contributed by atoms with van der Waals surface area (Å²) < 4.78 is 0. The number of benzene rings is 2. The predicted molar refractivity (Wildman–Crippen MR) is 164 cm³/mol. The fourth-order valence-corrected chi connectivity index (χ4v) is 8.31. The molecule has 2 aromatic carbocycles. The predicted octanol–water partition coefficient (Wildman–Crippen LogP) is 6.60. The average Bonchev–Trinajstić information content (AvgIpc) is 2.89. The van der Waals surface area contributed by atoms with Gasteiger partial charge in [0.2, 0.25) is 5.78 Å². The number of allylic oxidation sites excluding steroid dienone is 2. The van der Waals surface area contributed by atoms with E-state index < -0.39 is 56.8 Å². The summed E-state index contributed by atoms with van der Waals surface area (Å²) in [6.07, 6.45) is 2.33. The van der Waals surface area contributed by atoms with Gasteiger partial charge in [-0.15, -0.1) is 0 Å². The molecule has 43 heavy (non-hydrogen) atoms. The van der Waals surface area contributed by atoms with Crippen LogP contribution in [0, 0.1) is 28.6 Å². The maximum Gasteiger partial charge on any atom is 0.209 e. The third kappa shape index (κ3) is 4.30. The van der Waals surface area contributed by atoms with E-state index in [0.717, 1.165) is 30.9 Å². The van der Waals surface area contributed by atoms with Crippen molar-refractivity contribution in [3.63, 3.8) is 0 Å². The number of aliphatic hydroxyl groups excluding tert-OH is 2. The zero-order chi connectivity index (χ0) is 31.8. The number of ketones is 3. The van der Waals surface area contributed by atoms with Gasteiger partial charge < -0.3 is 20.4 Å². The zero-order valence-electron chi connectivity index (χ0n) is 26.0. The molecule has 0 radical (unpaired) electrons. The van der Waals surface area contributed by atoms with Crippen LogP contribution in [-0.2, 0) is 22.4 Å². The average molecular weight is 587 g/mol. The number of fused-ring (bicyclic) bond motifs is 3. The highest BCUT2D eigenvalue weighted by molar-refractivity contribution is 6.25. The molecule has 0 fully saturated rings. The lowest BCUT2D eigenvalue weighted by Gasteiger charge is -2.59. The second kappa shape index (κ2) is 10.2. The summed E-state index contributed by atoms with van der Waals surface area (Å²) in [7, 11) is 0. The SMILES string of the molecule is CC(=O)C1=C(O)C(C(C)C)[C@@]2(C)C[C@@]3(C)Cc4c(-c5ccc(CCC(C)C)cc5)ccc(O)c4C(=O)C3=C(O)[C@@]2(O)C1=O. The maximum atomic E-state index is 14.3. The Morgan fingerprint density at radius 2 is 1.60 bits per heavy atom. The topological polar surface area (TPSA) is 132 Å². The van der Waals surface area contributed by atoms with Crippen molar-refractivity contribution in [2.45, 2.75) is 79.8 Å². The van der Waals surface area contributed by atoms with Gasteiger partial charge in [0.1, 0.15) is 22.8 Å². The van der Waals surface area contributed by atoms with E-state index in [0.29, 0.717) is 11.5 Å². The van der Waals surface area contributed by atoms with Crippen molar-refractivity contribution in [2.75, 3.05) is 0 Å². The highest BCUT2D eigenvalue weighted by Gasteiger charge is 2.71. The fraction of sp³-hybridized carbons (Fsp3) is 0.472. The van der Waals surface area contributed by atoms with Crippen molar-refractivity contribution in [1.82, 2.24) is 0 Å². The number of Topliss-reactive ketones (excluding diaryl/α,β-unsaturated/α-hetero) is 3. The lowest BCUT2D eigenvalue weighted by atomic mass is 9.44. The number of aliphatic hydroxyl groups is 3. The van der Waals surface area contributed by atoms with Crippen LogP contribution >= 0.6 is 0 Å². The van der Waals surface area contributed by atoms with Crippen LogP contribution in [0.2, 0.25) is 0 Å². The highest BCUT2D eigenvalue weighted by atomic mass is 16.3. The van der Waals surface area contributed by atoms with Gasteiger partial charge in [-0.05, 0) is 72.8 Å². The molecule has 228 valence electrons. The number of hydrogen-bond donors (Lipinski definition) is 4. The van der Waals surface area contributed by atoms with E-state index >= 15 is 0 Å². The van der Waals surface area contributed by atoms with Gasteiger partial charge in [0.05, 0.1) is 5.56 Å². The van der Waals surface area contributed by atoms with E-state index in [-0.39, 0.29) is 35.6 Å². The van der Waals surface area contributed by atoms with Crippen molar-refractivity contribution < 1.29 is 34.8 Å². The molecule has 7 nitrogen and oxygen atoms in total. The van der Waals surface area contributed by atoms with Gasteiger partial charge in [0.25, 0.3) is 0 Å². The monoisotopic (exact) mass is 586 g/mol. The number of rotatable bonds is 6. The van der Waals surface area contributed by atoms with E-state index in [1.54, 1.807) is 13.0 Å². The maximum absolute atomic E-state index is 14.3. The number of aryl methyl sites for hydroxylation is 1. The van der Waals surface area contributed by atoms with Crippen molar-refractivity contribution in [3.05, 3.63) is 75.8 Å². The number of carbonyl (C=O) groups is 3. The van der Waals surface area contributed by atoms with E-state index in [4.69, 9.17) is 0 Å². The molecule has 0 saturated carbocycles. The first-order valence-corrected chi connectivity index (χ1v) is 15.1. The highest BCUT2D eigenvalue weighted by Crippen LogP contribution is 2.65. The number of hydrogen-bond acceptors (Lipinski definition) is 7. The second-order valence-corrected chi connectivity index (χ2v) is 14.1. The van der Waals surface area contributed by atoms with Gasteiger partial charge in [-0.25, -0.2) is 0 Å². The third-order valence-corrected chi connectivity index (χ3v) is 10.2. The molecule has 3 aliphatic carbocycles. The minimum absolute atomic E-state index is 0.0291. The van der Waals surface area contributed by atoms with Crippen LogP contribution in [0.5, 0.6) is 5.75 Å². The molecule has 0 amide bonds. The first-order valence-electron chi connectivity index (χ1n) is 15.1. The first kappa shape index (κ1) is 30.7. The van der Waals surface area contributed by atoms with Crippen molar-refractivity contribution in [1.29, 1.82) is 0 Å². The van der Waals surface area contributed by atoms with Crippen LogP contribution < -0.4 is 0 Å². The molecule has 0 bridgehead atoms. The van der Waals surface area contributed by atoms with Crippen LogP contribution in [0.3, 0.4) is 0 Å². The molecule has 0 aliphatic heterocycles. The molecule has 3 aliphatic rings. The Bertz CT molecular complexity index is 1610. The number of phenolic OH excluding ortho intramolecular Hbond substituents is 1. The molecular weight excluding hydrogens is 544 g/mol. The Labute approximate surface area is 253 Å². The van der Waals surface area contributed by atoms with E-state index in [2.05, 4.69) is 26.0 Å². The largest absolute Gasteiger partial charge is 0.511 e. The molecule has 4 N–H and O–H groups in total. The van der Waals surface area contributed by atoms with Gasteiger partial charge in [-0.1, -0.05) is 71.9 Å². The molecule has 0 aromatic heterocycles. The quantitative estimate of drug-likeness (QED) is 0.280. The van der Waals surface area contributed by atoms with Gasteiger partial charge in [0.15, 0.2) is 17.2 Å².